The summed E-state index contributed by atoms with van der Waals surface area (Å²) in [7, 11) is 0. The maximum absolute atomic E-state index is 12.4. The Hall–Kier alpha value is -1.55. The SMILES string of the molecule is CCCC1(C(=O)NCCc2ccc(O)cc2)CCCN1. The van der Waals surface area contributed by atoms with Crippen LogP contribution in [0.4, 0.5) is 0 Å². The van der Waals surface area contributed by atoms with Gasteiger partial charge in [0.1, 0.15) is 5.75 Å². The van der Waals surface area contributed by atoms with Gasteiger partial charge in [-0.15, -0.1) is 0 Å². The molecule has 0 aliphatic carbocycles. The van der Waals surface area contributed by atoms with Crippen molar-refractivity contribution < 1.29 is 9.90 Å². The molecule has 2 rings (SSSR count). The van der Waals surface area contributed by atoms with Gasteiger partial charge in [0.05, 0.1) is 5.54 Å². The first-order valence-corrected chi connectivity index (χ1v) is 7.47. The monoisotopic (exact) mass is 276 g/mol. The zero-order valence-corrected chi connectivity index (χ0v) is 12.1. The standard InChI is InChI=1S/C16H24N2O2/c1-2-9-16(10-3-11-18-16)15(20)17-12-8-13-4-6-14(19)7-5-13/h4-7,18-19H,2-3,8-12H2,1H3,(H,17,20). The summed E-state index contributed by atoms with van der Waals surface area (Å²) in [6, 6.07) is 7.12. The van der Waals surface area contributed by atoms with Crippen LogP contribution in [-0.2, 0) is 11.2 Å². The van der Waals surface area contributed by atoms with E-state index in [4.69, 9.17) is 0 Å². The van der Waals surface area contributed by atoms with Crippen LogP contribution >= 0.6 is 0 Å². The topological polar surface area (TPSA) is 61.4 Å². The third-order valence-corrected chi connectivity index (χ3v) is 3.99. The highest BCUT2D eigenvalue weighted by atomic mass is 16.3. The van der Waals surface area contributed by atoms with Gasteiger partial charge in [-0.05, 0) is 49.9 Å². The average molecular weight is 276 g/mol. The van der Waals surface area contributed by atoms with Crippen molar-refractivity contribution >= 4 is 5.91 Å². The highest BCUT2D eigenvalue weighted by Crippen LogP contribution is 2.24. The summed E-state index contributed by atoms with van der Waals surface area (Å²) >= 11 is 0. The van der Waals surface area contributed by atoms with E-state index in [2.05, 4.69) is 17.6 Å². The summed E-state index contributed by atoms with van der Waals surface area (Å²) < 4.78 is 0. The van der Waals surface area contributed by atoms with Crippen LogP contribution in [0, 0.1) is 0 Å². The molecule has 20 heavy (non-hydrogen) atoms. The number of hydrogen-bond donors (Lipinski definition) is 3. The lowest BCUT2D eigenvalue weighted by Crippen LogP contribution is -2.53. The molecule has 1 unspecified atom stereocenters. The predicted octanol–water partition coefficient (Wildman–Crippen LogP) is 1.97. The van der Waals surface area contributed by atoms with E-state index in [1.165, 1.54) is 0 Å². The van der Waals surface area contributed by atoms with Gasteiger partial charge >= 0.3 is 0 Å². The Bertz CT molecular complexity index is 436. The van der Waals surface area contributed by atoms with Crippen LogP contribution in [0.3, 0.4) is 0 Å². The van der Waals surface area contributed by atoms with Gasteiger partial charge in [-0.3, -0.25) is 4.79 Å². The zero-order chi connectivity index (χ0) is 14.4. The molecule has 4 heteroatoms. The Morgan fingerprint density at radius 3 is 2.75 bits per heavy atom. The van der Waals surface area contributed by atoms with Crippen molar-refractivity contribution in [1.29, 1.82) is 0 Å². The van der Waals surface area contributed by atoms with Crippen molar-refractivity contribution in [2.24, 2.45) is 0 Å². The molecule has 1 amide bonds. The van der Waals surface area contributed by atoms with Crippen LogP contribution < -0.4 is 10.6 Å². The van der Waals surface area contributed by atoms with E-state index in [0.717, 1.165) is 44.2 Å². The summed E-state index contributed by atoms with van der Waals surface area (Å²) in [5, 5.41) is 15.7. The van der Waals surface area contributed by atoms with Crippen LogP contribution in [0.2, 0.25) is 0 Å². The Morgan fingerprint density at radius 1 is 1.40 bits per heavy atom. The van der Waals surface area contributed by atoms with Gasteiger partial charge in [0, 0.05) is 6.54 Å². The maximum Gasteiger partial charge on any atom is 0.240 e. The third-order valence-electron chi connectivity index (χ3n) is 3.99. The summed E-state index contributed by atoms with van der Waals surface area (Å²) in [5.41, 5.74) is 0.774. The van der Waals surface area contributed by atoms with Crippen molar-refractivity contribution in [1.82, 2.24) is 10.6 Å². The Morgan fingerprint density at radius 2 is 2.15 bits per heavy atom. The molecular formula is C16H24N2O2. The number of nitrogens with one attached hydrogen (secondary N) is 2. The molecule has 1 saturated heterocycles. The minimum absolute atomic E-state index is 0.135. The van der Waals surface area contributed by atoms with Gasteiger partial charge in [-0.1, -0.05) is 25.5 Å². The second-order valence-corrected chi connectivity index (χ2v) is 5.53. The molecule has 1 heterocycles. The fraction of sp³-hybridized carbons (Fsp3) is 0.562. The van der Waals surface area contributed by atoms with Crippen molar-refractivity contribution in [2.75, 3.05) is 13.1 Å². The largest absolute Gasteiger partial charge is 0.508 e. The van der Waals surface area contributed by atoms with Crippen LogP contribution in [0.15, 0.2) is 24.3 Å². The smallest absolute Gasteiger partial charge is 0.240 e. The number of hydrogen-bond acceptors (Lipinski definition) is 3. The second kappa shape index (κ2) is 6.75. The molecule has 1 fully saturated rings. The van der Waals surface area contributed by atoms with E-state index in [1.807, 2.05) is 12.1 Å². The molecule has 1 atom stereocenters. The molecule has 1 aliphatic rings. The second-order valence-electron chi connectivity index (χ2n) is 5.53. The van der Waals surface area contributed by atoms with Gasteiger partial charge in [-0.2, -0.15) is 0 Å². The first-order valence-electron chi connectivity index (χ1n) is 7.47. The van der Waals surface area contributed by atoms with Gasteiger partial charge in [0.25, 0.3) is 0 Å². The van der Waals surface area contributed by atoms with Crippen molar-refractivity contribution in [2.45, 2.75) is 44.6 Å². The predicted molar refractivity (Wildman–Crippen MR) is 79.7 cm³/mol. The Labute approximate surface area is 120 Å². The van der Waals surface area contributed by atoms with E-state index in [1.54, 1.807) is 12.1 Å². The lowest BCUT2D eigenvalue weighted by Gasteiger charge is -2.27. The highest BCUT2D eigenvalue weighted by molar-refractivity contribution is 5.86. The third kappa shape index (κ3) is 3.51. The molecule has 1 aromatic carbocycles. The molecule has 0 radical (unpaired) electrons. The lowest BCUT2D eigenvalue weighted by molar-refractivity contribution is -0.127. The molecule has 0 saturated carbocycles. The number of phenols is 1. The minimum Gasteiger partial charge on any atom is -0.508 e. The Balaban J connectivity index is 1.83. The van der Waals surface area contributed by atoms with E-state index in [9.17, 15) is 9.90 Å². The lowest BCUT2D eigenvalue weighted by atomic mass is 9.91. The van der Waals surface area contributed by atoms with E-state index >= 15 is 0 Å². The summed E-state index contributed by atoms with van der Waals surface area (Å²) in [5.74, 6) is 0.408. The van der Waals surface area contributed by atoms with Crippen molar-refractivity contribution in [3.8, 4) is 5.75 Å². The van der Waals surface area contributed by atoms with Gasteiger partial charge in [0.2, 0.25) is 5.91 Å². The number of phenolic OH excluding ortho intramolecular Hbond substituents is 1. The van der Waals surface area contributed by atoms with Crippen LogP contribution in [0.5, 0.6) is 5.75 Å². The number of aromatic hydroxyl groups is 1. The summed E-state index contributed by atoms with van der Waals surface area (Å²) in [6.07, 6.45) is 4.71. The van der Waals surface area contributed by atoms with Crippen LogP contribution in [0.25, 0.3) is 0 Å². The molecule has 110 valence electrons. The molecule has 0 aromatic heterocycles. The van der Waals surface area contributed by atoms with Crippen LogP contribution in [0.1, 0.15) is 38.2 Å². The van der Waals surface area contributed by atoms with Gasteiger partial charge in [-0.25, -0.2) is 0 Å². The molecule has 1 aliphatic heterocycles. The molecule has 0 spiro atoms. The number of carbonyl (C=O) groups excluding carboxylic acids is 1. The zero-order valence-electron chi connectivity index (χ0n) is 12.1. The summed E-state index contributed by atoms with van der Waals surface area (Å²) in [6.45, 7) is 3.69. The first-order chi connectivity index (χ1) is 9.66. The van der Waals surface area contributed by atoms with E-state index in [0.29, 0.717) is 6.54 Å². The van der Waals surface area contributed by atoms with Gasteiger partial charge < -0.3 is 15.7 Å². The first kappa shape index (κ1) is 14.9. The number of amides is 1. The highest BCUT2D eigenvalue weighted by Gasteiger charge is 2.39. The normalized spacial score (nSPS) is 21.9. The van der Waals surface area contributed by atoms with Gasteiger partial charge in [0.15, 0.2) is 0 Å². The van der Waals surface area contributed by atoms with E-state index < -0.39 is 0 Å². The fourth-order valence-corrected chi connectivity index (χ4v) is 2.91. The molecule has 3 N–H and O–H groups in total. The quantitative estimate of drug-likeness (QED) is 0.744. The molecule has 1 aromatic rings. The number of carbonyl (C=O) groups is 1. The van der Waals surface area contributed by atoms with Crippen LogP contribution in [-0.4, -0.2) is 29.6 Å². The fourth-order valence-electron chi connectivity index (χ4n) is 2.91. The number of rotatable bonds is 6. The number of benzene rings is 1. The van der Waals surface area contributed by atoms with E-state index in [-0.39, 0.29) is 17.2 Å². The summed E-state index contributed by atoms with van der Waals surface area (Å²) in [4.78, 5) is 12.4. The molecule has 0 bridgehead atoms. The van der Waals surface area contributed by atoms with Crippen molar-refractivity contribution in [3.63, 3.8) is 0 Å². The maximum atomic E-state index is 12.4. The average Bonchev–Trinajstić information content (AvgIpc) is 2.91. The Kier molecular flexibility index (Phi) is 5.01. The van der Waals surface area contributed by atoms with Crippen molar-refractivity contribution in [3.05, 3.63) is 29.8 Å². The minimum atomic E-state index is -0.344. The molecule has 4 nitrogen and oxygen atoms in total. The molecular weight excluding hydrogens is 252 g/mol.